The predicted molar refractivity (Wildman–Crippen MR) is 78.7 cm³/mol. The molecule has 0 amide bonds. The van der Waals surface area contributed by atoms with Gasteiger partial charge in [-0.3, -0.25) is 4.79 Å². The molecule has 1 aromatic rings. The molecule has 1 aliphatic rings. The zero-order valence-corrected chi connectivity index (χ0v) is 12.6. The Labute approximate surface area is 124 Å². The lowest BCUT2D eigenvalue weighted by atomic mass is 9.93. The van der Waals surface area contributed by atoms with Crippen LogP contribution in [-0.4, -0.2) is 38.7 Å². The first-order chi connectivity index (χ1) is 9.67. The first kappa shape index (κ1) is 15.3. The van der Waals surface area contributed by atoms with Crippen LogP contribution in [0.1, 0.15) is 23.7 Å². The van der Waals surface area contributed by atoms with Crippen LogP contribution in [-0.2, 0) is 4.74 Å². The second kappa shape index (κ2) is 7.07. The van der Waals surface area contributed by atoms with Crippen LogP contribution in [0.25, 0.3) is 0 Å². The summed E-state index contributed by atoms with van der Waals surface area (Å²) >= 11 is 5.98. The largest absolute Gasteiger partial charge is 0.495 e. The van der Waals surface area contributed by atoms with Gasteiger partial charge in [0.2, 0.25) is 0 Å². The van der Waals surface area contributed by atoms with Crippen molar-refractivity contribution in [1.82, 2.24) is 5.32 Å². The van der Waals surface area contributed by atoms with Crippen LogP contribution < -0.4 is 10.1 Å². The zero-order valence-electron chi connectivity index (χ0n) is 11.8. The number of carbonyl (C=O) groups is 1. The van der Waals surface area contributed by atoms with Crippen molar-refractivity contribution < 1.29 is 14.3 Å². The van der Waals surface area contributed by atoms with Crippen LogP contribution in [0.2, 0.25) is 5.02 Å². The number of methoxy groups -OCH3 is 1. The lowest BCUT2D eigenvalue weighted by Crippen LogP contribution is -2.39. The van der Waals surface area contributed by atoms with Gasteiger partial charge >= 0.3 is 0 Å². The van der Waals surface area contributed by atoms with Crippen molar-refractivity contribution in [3.8, 4) is 5.75 Å². The molecule has 0 radical (unpaired) electrons. The number of ketones is 1. The van der Waals surface area contributed by atoms with Gasteiger partial charge in [0.05, 0.1) is 31.3 Å². The van der Waals surface area contributed by atoms with Gasteiger partial charge in [-0.15, -0.1) is 0 Å². The van der Waals surface area contributed by atoms with E-state index in [9.17, 15) is 4.79 Å². The summed E-state index contributed by atoms with van der Waals surface area (Å²) in [5.41, 5.74) is 0.616. The number of hydrogen-bond donors (Lipinski definition) is 1. The third-order valence-electron chi connectivity index (χ3n) is 3.51. The highest BCUT2D eigenvalue weighted by Gasteiger charge is 2.34. The van der Waals surface area contributed by atoms with Crippen molar-refractivity contribution in [1.29, 1.82) is 0 Å². The summed E-state index contributed by atoms with van der Waals surface area (Å²) < 4.78 is 10.6. The Morgan fingerprint density at radius 3 is 3.00 bits per heavy atom. The van der Waals surface area contributed by atoms with Crippen LogP contribution in [0.15, 0.2) is 18.2 Å². The summed E-state index contributed by atoms with van der Waals surface area (Å²) in [7, 11) is 1.54. The van der Waals surface area contributed by atoms with E-state index in [4.69, 9.17) is 21.1 Å². The van der Waals surface area contributed by atoms with Gasteiger partial charge in [0.1, 0.15) is 5.75 Å². The Bertz CT molecular complexity index is 478. The van der Waals surface area contributed by atoms with Crippen LogP contribution in [0.5, 0.6) is 5.75 Å². The van der Waals surface area contributed by atoms with Gasteiger partial charge in [-0.25, -0.2) is 0 Å². The molecule has 1 aliphatic heterocycles. The molecular weight excluding hydrogens is 278 g/mol. The number of ether oxygens (including phenoxy) is 2. The first-order valence-electron chi connectivity index (χ1n) is 6.86. The molecule has 0 bridgehead atoms. The Hall–Kier alpha value is -1.10. The molecule has 4 nitrogen and oxygen atoms in total. The van der Waals surface area contributed by atoms with E-state index in [1.807, 2.05) is 0 Å². The lowest BCUT2D eigenvalue weighted by Gasteiger charge is -2.18. The standard InChI is InChI=1S/C15H20ClNO3/c1-3-6-17-13-9-20-8-11(13)15(18)10-4-5-12(16)14(7-10)19-2/h4-5,7,11,13,17H,3,6,8-9H2,1-2H3. The topological polar surface area (TPSA) is 47.6 Å². The Balaban J connectivity index is 2.13. The van der Waals surface area contributed by atoms with Gasteiger partial charge in [-0.2, -0.15) is 0 Å². The summed E-state index contributed by atoms with van der Waals surface area (Å²) in [6, 6.07) is 5.21. The molecule has 2 unspecified atom stereocenters. The third-order valence-corrected chi connectivity index (χ3v) is 3.82. The van der Waals surface area contributed by atoms with Crippen LogP contribution in [0.3, 0.4) is 0 Å². The number of rotatable bonds is 6. The third kappa shape index (κ3) is 3.32. The van der Waals surface area contributed by atoms with E-state index < -0.39 is 0 Å². The normalized spacial score (nSPS) is 21.9. The SMILES string of the molecule is CCCNC1COCC1C(=O)c1ccc(Cl)c(OC)c1. The Kier molecular flexibility index (Phi) is 5.40. The summed E-state index contributed by atoms with van der Waals surface area (Å²) in [4.78, 5) is 12.6. The molecule has 0 aromatic heterocycles. The summed E-state index contributed by atoms with van der Waals surface area (Å²) in [5.74, 6) is 0.452. The fraction of sp³-hybridized carbons (Fsp3) is 0.533. The van der Waals surface area contributed by atoms with Gasteiger partial charge in [0.25, 0.3) is 0 Å². The van der Waals surface area contributed by atoms with E-state index in [0.717, 1.165) is 13.0 Å². The highest BCUT2D eigenvalue weighted by atomic mass is 35.5. The van der Waals surface area contributed by atoms with E-state index in [-0.39, 0.29) is 17.7 Å². The van der Waals surface area contributed by atoms with Crippen molar-refractivity contribution in [3.05, 3.63) is 28.8 Å². The second-order valence-corrected chi connectivity index (χ2v) is 5.33. The quantitative estimate of drug-likeness (QED) is 0.820. The molecule has 20 heavy (non-hydrogen) atoms. The number of benzene rings is 1. The average molecular weight is 298 g/mol. The highest BCUT2D eigenvalue weighted by Crippen LogP contribution is 2.27. The first-order valence-corrected chi connectivity index (χ1v) is 7.24. The van der Waals surface area contributed by atoms with E-state index in [1.54, 1.807) is 25.3 Å². The van der Waals surface area contributed by atoms with Crippen molar-refractivity contribution in [2.24, 2.45) is 5.92 Å². The summed E-state index contributed by atoms with van der Waals surface area (Å²) in [5, 5.41) is 3.88. The number of halogens is 1. The molecule has 0 aliphatic carbocycles. The molecule has 1 fully saturated rings. The van der Waals surface area contributed by atoms with Crippen molar-refractivity contribution in [2.75, 3.05) is 26.9 Å². The van der Waals surface area contributed by atoms with Gasteiger partial charge < -0.3 is 14.8 Å². The molecule has 1 heterocycles. The molecule has 5 heteroatoms. The van der Waals surface area contributed by atoms with Gasteiger partial charge in [-0.1, -0.05) is 18.5 Å². The Morgan fingerprint density at radius 1 is 1.50 bits per heavy atom. The fourth-order valence-corrected chi connectivity index (χ4v) is 2.57. The summed E-state index contributed by atoms with van der Waals surface area (Å²) in [6.45, 7) is 4.04. The van der Waals surface area contributed by atoms with Crippen molar-refractivity contribution >= 4 is 17.4 Å². The molecule has 1 saturated heterocycles. The molecule has 0 saturated carbocycles. The van der Waals surface area contributed by atoms with E-state index in [0.29, 0.717) is 29.5 Å². The average Bonchev–Trinajstić information content (AvgIpc) is 2.93. The van der Waals surface area contributed by atoms with E-state index in [2.05, 4.69) is 12.2 Å². The maximum Gasteiger partial charge on any atom is 0.170 e. The fourth-order valence-electron chi connectivity index (χ4n) is 2.37. The molecule has 0 spiro atoms. The van der Waals surface area contributed by atoms with E-state index >= 15 is 0 Å². The van der Waals surface area contributed by atoms with Crippen molar-refractivity contribution in [3.63, 3.8) is 0 Å². The number of nitrogens with one attached hydrogen (secondary N) is 1. The summed E-state index contributed by atoms with van der Waals surface area (Å²) in [6.07, 6.45) is 1.03. The second-order valence-electron chi connectivity index (χ2n) is 4.92. The van der Waals surface area contributed by atoms with Crippen LogP contribution in [0.4, 0.5) is 0 Å². The monoisotopic (exact) mass is 297 g/mol. The number of Topliss-reactive ketones (excluding diaryl/α,β-unsaturated/α-hetero) is 1. The van der Waals surface area contributed by atoms with Gasteiger partial charge in [0, 0.05) is 11.6 Å². The molecule has 2 atom stereocenters. The molecular formula is C15H20ClNO3. The van der Waals surface area contributed by atoms with Gasteiger partial charge in [-0.05, 0) is 31.2 Å². The smallest absolute Gasteiger partial charge is 0.170 e. The minimum atomic E-state index is -0.146. The van der Waals surface area contributed by atoms with E-state index in [1.165, 1.54) is 0 Å². The maximum absolute atomic E-state index is 12.6. The maximum atomic E-state index is 12.6. The molecule has 2 rings (SSSR count). The molecule has 1 aromatic carbocycles. The van der Waals surface area contributed by atoms with Crippen LogP contribution >= 0.6 is 11.6 Å². The molecule has 1 N–H and O–H groups in total. The lowest BCUT2D eigenvalue weighted by molar-refractivity contribution is 0.0891. The minimum Gasteiger partial charge on any atom is -0.495 e. The van der Waals surface area contributed by atoms with Crippen molar-refractivity contribution in [2.45, 2.75) is 19.4 Å². The van der Waals surface area contributed by atoms with Gasteiger partial charge in [0.15, 0.2) is 5.78 Å². The predicted octanol–water partition coefficient (Wildman–Crippen LogP) is 2.55. The van der Waals surface area contributed by atoms with Crippen LogP contribution in [0, 0.1) is 5.92 Å². The highest BCUT2D eigenvalue weighted by molar-refractivity contribution is 6.32. The number of hydrogen-bond acceptors (Lipinski definition) is 4. The molecule has 110 valence electrons. The minimum absolute atomic E-state index is 0.0751. The zero-order chi connectivity index (χ0) is 14.5. The number of carbonyl (C=O) groups excluding carboxylic acids is 1. The Morgan fingerprint density at radius 2 is 2.30 bits per heavy atom.